The SMILES string of the molecule is CCNC(=O)CCNC(=O)C1CCCC(C)C1N. The lowest BCUT2D eigenvalue weighted by Crippen LogP contribution is -2.47. The van der Waals surface area contributed by atoms with Gasteiger partial charge in [0.25, 0.3) is 0 Å². The molecular weight excluding hydrogens is 230 g/mol. The summed E-state index contributed by atoms with van der Waals surface area (Å²) in [6.45, 7) is 4.98. The fourth-order valence-corrected chi connectivity index (χ4v) is 2.46. The number of rotatable bonds is 5. The minimum atomic E-state index is -0.0945. The molecule has 3 atom stereocenters. The van der Waals surface area contributed by atoms with Gasteiger partial charge in [0.2, 0.25) is 11.8 Å². The highest BCUT2D eigenvalue weighted by Gasteiger charge is 2.32. The highest BCUT2D eigenvalue weighted by molar-refractivity contribution is 5.81. The molecule has 3 unspecified atom stereocenters. The van der Waals surface area contributed by atoms with E-state index >= 15 is 0 Å². The minimum absolute atomic E-state index is 0.00153. The number of amides is 2. The molecule has 18 heavy (non-hydrogen) atoms. The lowest BCUT2D eigenvalue weighted by atomic mass is 9.78. The van der Waals surface area contributed by atoms with Crippen molar-refractivity contribution < 1.29 is 9.59 Å². The Kier molecular flexibility index (Phi) is 6.12. The third-order valence-corrected chi connectivity index (χ3v) is 3.66. The van der Waals surface area contributed by atoms with Gasteiger partial charge in [-0.3, -0.25) is 9.59 Å². The number of nitrogens with one attached hydrogen (secondary N) is 2. The maximum absolute atomic E-state index is 12.0. The summed E-state index contributed by atoms with van der Waals surface area (Å²) in [7, 11) is 0. The van der Waals surface area contributed by atoms with Gasteiger partial charge in [-0.2, -0.15) is 0 Å². The molecule has 1 aliphatic carbocycles. The van der Waals surface area contributed by atoms with Crippen LogP contribution in [0.4, 0.5) is 0 Å². The van der Waals surface area contributed by atoms with E-state index in [0.29, 0.717) is 25.4 Å². The van der Waals surface area contributed by atoms with Crippen molar-refractivity contribution in [1.82, 2.24) is 10.6 Å². The largest absolute Gasteiger partial charge is 0.356 e. The van der Waals surface area contributed by atoms with Crippen LogP contribution in [0.1, 0.15) is 39.5 Å². The van der Waals surface area contributed by atoms with Crippen molar-refractivity contribution in [1.29, 1.82) is 0 Å². The summed E-state index contributed by atoms with van der Waals surface area (Å²) in [4.78, 5) is 23.2. The summed E-state index contributed by atoms with van der Waals surface area (Å²) in [5, 5.41) is 5.51. The molecule has 5 nitrogen and oxygen atoms in total. The van der Waals surface area contributed by atoms with E-state index in [9.17, 15) is 9.59 Å². The molecule has 104 valence electrons. The molecule has 1 saturated carbocycles. The highest BCUT2D eigenvalue weighted by Crippen LogP contribution is 2.27. The van der Waals surface area contributed by atoms with Gasteiger partial charge in [-0.05, 0) is 25.7 Å². The first-order valence-electron chi connectivity index (χ1n) is 6.86. The van der Waals surface area contributed by atoms with E-state index in [1.54, 1.807) is 0 Å². The van der Waals surface area contributed by atoms with Gasteiger partial charge in [0, 0.05) is 25.6 Å². The van der Waals surface area contributed by atoms with E-state index in [1.165, 1.54) is 0 Å². The van der Waals surface area contributed by atoms with Crippen molar-refractivity contribution in [3.05, 3.63) is 0 Å². The van der Waals surface area contributed by atoms with Gasteiger partial charge in [0.1, 0.15) is 0 Å². The average Bonchev–Trinajstić information content (AvgIpc) is 2.33. The molecule has 0 aromatic rings. The van der Waals surface area contributed by atoms with Crippen molar-refractivity contribution in [2.24, 2.45) is 17.6 Å². The van der Waals surface area contributed by atoms with Crippen LogP contribution in [0.15, 0.2) is 0 Å². The second-order valence-corrected chi connectivity index (χ2v) is 5.09. The van der Waals surface area contributed by atoms with E-state index < -0.39 is 0 Å². The standard InChI is InChI=1S/C13H25N3O2/c1-3-15-11(17)7-8-16-13(18)10-6-4-5-9(2)12(10)14/h9-10,12H,3-8,14H2,1-2H3,(H,15,17)(H,16,18). The Labute approximate surface area is 109 Å². The van der Waals surface area contributed by atoms with E-state index in [2.05, 4.69) is 17.6 Å². The Bertz CT molecular complexity index is 294. The second kappa shape index (κ2) is 7.36. The van der Waals surface area contributed by atoms with Crippen molar-refractivity contribution in [3.63, 3.8) is 0 Å². The highest BCUT2D eigenvalue weighted by atomic mass is 16.2. The Hall–Kier alpha value is -1.10. The molecule has 1 rings (SSSR count). The molecule has 0 bridgehead atoms. The third-order valence-electron chi connectivity index (χ3n) is 3.66. The maximum Gasteiger partial charge on any atom is 0.224 e. The summed E-state index contributed by atoms with van der Waals surface area (Å²) in [6.07, 6.45) is 3.35. The van der Waals surface area contributed by atoms with Crippen molar-refractivity contribution in [3.8, 4) is 0 Å². The molecule has 0 saturated heterocycles. The number of carbonyl (C=O) groups is 2. The average molecular weight is 255 g/mol. The number of nitrogens with two attached hydrogens (primary N) is 1. The fourth-order valence-electron chi connectivity index (χ4n) is 2.46. The molecular formula is C13H25N3O2. The summed E-state index contributed by atoms with van der Waals surface area (Å²) >= 11 is 0. The zero-order chi connectivity index (χ0) is 13.5. The molecule has 0 aliphatic heterocycles. The number of carbonyl (C=O) groups excluding carboxylic acids is 2. The van der Waals surface area contributed by atoms with Crippen LogP contribution in [0.25, 0.3) is 0 Å². The first kappa shape index (κ1) is 15.0. The normalized spacial score (nSPS) is 27.6. The zero-order valence-corrected chi connectivity index (χ0v) is 11.4. The summed E-state index contributed by atoms with van der Waals surface area (Å²) < 4.78 is 0. The lowest BCUT2D eigenvalue weighted by molar-refractivity contribution is -0.127. The fraction of sp³-hybridized carbons (Fsp3) is 0.846. The zero-order valence-electron chi connectivity index (χ0n) is 11.4. The lowest BCUT2D eigenvalue weighted by Gasteiger charge is -2.32. The summed E-state index contributed by atoms with van der Waals surface area (Å²) in [5.74, 6) is 0.276. The predicted molar refractivity (Wildman–Crippen MR) is 70.8 cm³/mol. The smallest absolute Gasteiger partial charge is 0.224 e. The molecule has 5 heteroatoms. The molecule has 1 fully saturated rings. The topological polar surface area (TPSA) is 84.2 Å². The van der Waals surface area contributed by atoms with Crippen LogP contribution in [0.5, 0.6) is 0 Å². The van der Waals surface area contributed by atoms with Gasteiger partial charge in [-0.15, -0.1) is 0 Å². The Morgan fingerprint density at radius 2 is 2.00 bits per heavy atom. The van der Waals surface area contributed by atoms with Crippen molar-refractivity contribution in [2.45, 2.75) is 45.6 Å². The molecule has 1 aliphatic rings. The van der Waals surface area contributed by atoms with Gasteiger partial charge >= 0.3 is 0 Å². The molecule has 2 amide bonds. The van der Waals surface area contributed by atoms with E-state index in [0.717, 1.165) is 19.3 Å². The van der Waals surface area contributed by atoms with Gasteiger partial charge in [-0.1, -0.05) is 13.3 Å². The molecule has 0 heterocycles. The van der Waals surface area contributed by atoms with E-state index in [4.69, 9.17) is 5.73 Å². The van der Waals surface area contributed by atoms with E-state index in [-0.39, 0.29) is 23.8 Å². The second-order valence-electron chi connectivity index (χ2n) is 5.09. The molecule has 0 aromatic heterocycles. The van der Waals surface area contributed by atoms with E-state index in [1.807, 2.05) is 6.92 Å². The van der Waals surface area contributed by atoms with Gasteiger partial charge in [0.15, 0.2) is 0 Å². The quantitative estimate of drug-likeness (QED) is 0.664. The van der Waals surface area contributed by atoms with Gasteiger partial charge < -0.3 is 16.4 Å². The monoisotopic (exact) mass is 255 g/mol. The maximum atomic E-state index is 12.0. The predicted octanol–water partition coefficient (Wildman–Crippen LogP) is 0.392. The number of hydrogen-bond acceptors (Lipinski definition) is 3. The minimum Gasteiger partial charge on any atom is -0.356 e. The number of hydrogen-bond donors (Lipinski definition) is 3. The Morgan fingerprint density at radius 1 is 1.28 bits per heavy atom. The van der Waals surface area contributed by atoms with Gasteiger partial charge in [0.05, 0.1) is 5.92 Å². The molecule has 0 radical (unpaired) electrons. The first-order valence-corrected chi connectivity index (χ1v) is 6.86. The van der Waals surface area contributed by atoms with Crippen LogP contribution >= 0.6 is 0 Å². The van der Waals surface area contributed by atoms with Crippen molar-refractivity contribution in [2.75, 3.05) is 13.1 Å². The van der Waals surface area contributed by atoms with Crippen LogP contribution in [0.3, 0.4) is 0 Å². The third kappa shape index (κ3) is 4.29. The summed E-state index contributed by atoms with van der Waals surface area (Å²) in [6, 6.07) is -0.0526. The van der Waals surface area contributed by atoms with Gasteiger partial charge in [-0.25, -0.2) is 0 Å². The molecule has 0 aromatic carbocycles. The Morgan fingerprint density at radius 3 is 2.67 bits per heavy atom. The molecule has 4 N–H and O–H groups in total. The van der Waals surface area contributed by atoms with Crippen LogP contribution in [0, 0.1) is 11.8 Å². The summed E-state index contributed by atoms with van der Waals surface area (Å²) in [5.41, 5.74) is 6.06. The van der Waals surface area contributed by atoms with Crippen LogP contribution < -0.4 is 16.4 Å². The van der Waals surface area contributed by atoms with Crippen molar-refractivity contribution >= 4 is 11.8 Å². The molecule has 0 spiro atoms. The first-order chi connectivity index (χ1) is 8.56. The van der Waals surface area contributed by atoms with Crippen LogP contribution in [-0.4, -0.2) is 30.9 Å². The Balaban J connectivity index is 2.29. The van der Waals surface area contributed by atoms with Crippen LogP contribution in [0.2, 0.25) is 0 Å². The van der Waals surface area contributed by atoms with Crippen LogP contribution in [-0.2, 0) is 9.59 Å².